The van der Waals surface area contributed by atoms with Gasteiger partial charge in [-0.15, -0.1) is 0 Å². The molecule has 2 bridgehead atoms. The third kappa shape index (κ3) is 2.29. The summed E-state index contributed by atoms with van der Waals surface area (Å²) in [6, 6.07) is 9.80. The molecule has 3 heteroatoms. The molecule has 1 aromatic rings. The van der Waals surface area contributed by atoms with E-state index in [1.807, 2.05) is 30.3 Å². The van der Waals surface area contributed by atoms with Gasteiger partial charge in [0.25, 0.3) is 0 Å². The highest BCUT2D eigenvalue weighted by atomic mass is 16.2. The van der Waals surface area contributed by atoms with Crippen LogP contribution in [0.4, 0.5) is 0 Å². The number of hydrazone groups is 1. The van der Waals surface area contributed by atoms with Gasteiger partial charge in [-0.25, -0.2) is 5.43 Å². The third-order valence-corrected chi connectivity index (χ3v) is 6.04. The molecule has 2 saturated carbocycles. The van der Waals surface area contributed by atoms with E-state index in [1.165, 1.54) is 18.6 Å². The second kappa shape index (κ2) is 4.97. The van der Waals surface area contributed by atoms with Gasteiger partial charge >= 0.3 is 0 Å². The SMILES string of the molecule is CC1(C)[C@@H]2CC[C@]1(C)/C(=N/NC(=O)Cc1ccccc1)C2. The van der Waals surface area contributed by atoms with Crippen molar-refractivity contribution in [3.63, 3.8) is 0 Å². The summed E-state index contributed by atoms with van der Waals surface area (Å²) < 4.78 is 0. The van der Waals surface area contributed by atoms with E-state index in [1.54, 1.807) is 0 Å². The number of carbonyl (C=O) groups excluding carboxylic acids is 1. The summed E-state index contributed by atoms with van der Waals surface area (Å²) in [6.07, 6.45) is 3.91. The van der Waals surface area contributed by atoms with Crippen molar-refractivity contribution < 1.29 is 4.79 Å². The summed E-state index contributed by atoms with van der Waals surface area (Å²) in [7, 11) is 0. The van der Waals surface area contributed by atoms with Crippen LogP contribution >= 0.6 is 0 Å². The highest BCUT2D eigenvalue weighted by molar-refractivity contribution is 5.95. The molecule has 2 atom stereocenters. The molecule has 0 radical (unpaired) electrons. The largest absolute Gasteiger partial charge is 0.273 e. The van der Waals surface area contributed by atoms with Crippen molar-refractivity contribution in [1.29, 1.82) is 0 Å². The molecule has 0 heterocycles. The number of benzene rings is 1. The smallest absolute Gasteiger partial charge is 0.244 e. The number of nitrogens with one attached hydrogen (secondary N) is 1. The van der Waals surface area contributed by atoms with Crippen LogP contribution in [-0.2, 0) is 11.2 Å². The molecule has 2 aliphatic carbocycles. The summed E-state index contributed by atoms with van der Waals surface area (Å²) in [5, 5.41) is 4.49. The minimum atomic E-state index is -0.0297. The predicted molar refractivity (Wildman–Crippen MR) is 85.0 cm³/mol. The van der Waals surface area contributed by atoms with Crippen LogP contribution in [0.15, 0.2) is 35.4 Å². The molecular formula is C18H24N2O. The van der Waals surface area contributed by atoms with E-state index >= 15 is 0 Å². The molecular weight excluding hydrogens is 260 g/mol. The van der Waals surface area contributed by atoms with E-state index in [-0.39, 0.29) is 11.3 Å². The number of nitrogens with zero attached hydrogens (tertiary/aromatic N) is 1. The number of rotatable bonds is 3. The normalized spacial score (nSPS) is 31.6. The van der Waals surface area contributed by atoms with Crippen LogP contribution < -0.4 is 5.43 Å². The van der Waals surface area contributed by atoms with Crippen molar-refractivity contribution in [3.05, 3.63) is 35.9 Å². The van der Waals surface area contributed by atoms with E-state index in [9.17, 15) is 4.79 Å². The van der Waals surface area contributed by atoms with Crippen molar-refractivity contribution in [2.24, 2.45) is 21.8 Å². The molecule has 0 aliphatic heterocycles. The first-order chi connectivity index (χ1) is 9.93. The van der Waals surface area contributed by atoms with Gasteiger partial charge in [0.05, 0.1) is 6.42 Å². The molecule has 2 fully saturated rings. The van der Waals surface area contributed by atoms with Gasteiger partial charge in [-0.3, -0.25) is 4.79 Å². The third-order valence-electron chi connectivity index (χ3n) is 6.04. The first kappa shape index (κ1) is 14.3. The van der Waals surface area contributed by atoms with Crippen LogP contribution in [0.3, 0.4) is 0 Å². The lowest BCUT2D eigenvalue weighted by Crippen LogP contribution is -2.34. The zero-order valence-electron chi connectivity index (χ0n) is 13.1. The number of carbonyl (C=O) groups is 1. The summed E-state index contributed by atoms with van der Waals surface area (Å²) in [5.41, 5.74) is 5.43. The van der Waals surface area contributed by atoms with Crippen LogP contribution in [0.25, 0.3) is 0 Å². The molecule has 3 rings (SSSR count). The van der Waals surface area contributed by atoms with Crippen molar-refractivity contribution in [3.8, 4) is 0 Å². The van der Waals surface area contributed by atoms with E-state index in [4.69, 9.17) is 0 Å². The minimum Gasteiger partial charge on any atom is -0.273 e. The first-order valence-electron chi connectivity index (χ1n) is 7.83. The Labute approximate surface area is 126 Å². The Morgan fingerprint density at radius 1 is 1.29 bits per heavy atom. The van der Waals surface area contributed by atoms with Crippen LogP contribution in [0.1, 0.15) is 45.6 Å². The summed E-state index contributed by atoms with van der Waals surface area (Å²) >= 11 is 0. The number of fused-ring (bicyclic) bond motifs is 2. The number of hydrogen-bond acceptors (Lipinski definition) is 2. The molecule has 3 nitrogen and oxygen atoms in total. The lowest BCUT2D eigenvalue weighted by molar-refractivity contribution is -0.120. The summed E-state index contributed by atoms with van der Waals surface area (Å²) in [6.45, 7) is 7.00. The van der Waals surface area contributed by atoms with Crippen molar-refractivity contribution in [2.75, 3.05) is 0 Å². The van der Waals surface area contributed by atoms with Crippen LogP contribution in [0.5, 0.6) is 0 Å². The van der Waals surface area contributed by atoms with Crippen LogP contribution in [0, 0.1) is 16.7 Å². The molecule has 21 heavy (non-hydrogen) atoms. The van der Waals surface area contributed by atoms with Crippen molar-refractivity contribution in [2.45, 2.75) is 46.5 Å². The number of amides is 1. The molecule has 0 unspecified atom stereocenters. The molecule has 1 N–H and O–H groups in total. The van der Waals surface area contributed by atoms with Gasteiger partial charge in [-0.2, -0.15) is 5.10 Å². The molecule has 1 aromatic carbocycles. The Hall–Kier alpha value is -1.64. The van der Waals surface area contributed by atoms with Gasteiger partial charge in [0, 0.05) is 11.1 Å². The Kier molecular flexibility index (Phi) is 3.39. The van der Waals surface area contributed by atoms with E-state index in [2.05, 4.69) is 31.3 Å². The molecule has 0 saturated heterocycles. The van der Waals surface area contributed by atoms with Crippen LogP contribution in [0.2, 0.25) is 0 Å². The zero-order chi connectivity index (χ0) is 15.1. The predicted octanol–water partition coefficient (Wildman–Crippen LogP) is 3.55. The Balaban J connectivity index is 1.66. The zero-order valence-corrected chi connectivity index (χ0v) is 13.1. The quantitative estimate of drug-likeness (QED) is 0.847. The van der Waals surface area contributed by atoms with Crippen molar-refractivity contribution in [1.82, 2.24) is 5.43 Å². The van der Waals surface area contributed by atoms with E-state index < -0.39 is 0 Å². The molecule has 2 aliphatic rings. The second-order valence-electron chi connectivity index (χ2n) is 7.25. The van der Waals surface area contributed by atoms with Gasteiger partial charge < -0.3 is 0 Å². The van der Waals surface area contributed by atoms with Crippen molar-refractivity contribution >= 4 is 11.6 Å². The van der Waals surface area contributed by atoms with Crippen LogP contribution in [-0.4, -0.2) is 11.6 Å². The topological polar surface area (TPSA) is 41.5 Å². The first-order valence-corrected chi connectivity index (χ1v) is 7.83. The summed E-state index contributed by atoms with van der Waals surface area (Å²) in [5.74, 6) is 0.685. The highest BCUT2D eigenvalue weighted by Gasteiger charge is 2.59. The lowest BCUT2D eigenvalue weighted by Gasteiger charge is -2.34. The Morgan fingerprint density at radius 2 is 2.00 bits per heavy atom. The highest BCUT2D eigenvalue weighted by Crippen LogP contribution is 2.63. The average molecular weight is 284 g/mol. The monoisotopic (exact) mass is 284 g/mol. The molecule has 112 valence electrons. The van der Waals surface area contributed by atoms with E-state index in [0.29, 0.717) is 17.8 Å². The fraction of sp³-hybridized carbons (Fsp3) is 0.556. The Morgan fingerprint density at radius 3 is 2.57 bits per heavy atom. The second-order valence-corrected chi connectivity index (χ2v) is 7.25. The van der Waals surface area contributed by atoms with Gasteiger partial charge in [0.1, 0.15) is 0 Å². The minimum absolute atomic E-state index is 0.0297. The molecule has 1 amide bonds. The van der Waals surface area contributed by atoms with Gasteiger partial charge in [-0.1, -0.05) is 51.1 Å². The molecule has 0 spiro atoms. The lowest BCUT2D eigenvalue weighted by atomic mass is 9.70. The maximum absolute atomic E-state index is 12.0. The van der Waals surface area contributed by atoms with E-state index in [0.717, 1.165) is 12.0 Å². The fourth-order valence-electron chi connectivity index (χ4n) is 4.05. The van der Waals surface area contributed by atoms with Gasteiger partial charge in [0.2, 0.25) is 5.91 Å². The van der Waals surface area contributed by atoms with Gasteiger partial charge in [-0.05, 0) is 36.2 Å². The summed E-state index contributed by atoms with van der Waals surface area (Å²) in [4.78, 5) is 12.0. The standard InChI is InChI=1S/C18H24N2O/c1-17(2)14-9-10-18(17,3)15(12-14)19-20-16(21)11-13-7-5-4-6-8-13/h4-8,14H,9-12H2,1-3H3,(H,20,21)/b19-15+/t14-,18-/m1/s1. The maximum atomic E-state index is 12.0. The Bertz CT molecular complexity index is 576. The van der Waals surface area contributed by atoms with Gasteiger partial charge in [0.15, 0.2) is 0 Å². The maximum Gasteiger partial charge on any atom is 0.244 e. The average Bonchev–Trinajstić information content (AvgIpc) is 2.79. The fourth-order valence-corrected chi connectivity index (χ4v) is 4.05. The number of hydrogen-bond donors (Lipinski definition) is 1. The molecule has 0 aromatic heterocycles.